The molecule has 0 saturated heterocycles. The first kappa shape index (κ1) is 19.5. The minimum atomic E-state index is 0.0758. The molecular formula is C21H30N4O2. The van der Waals surface area contributed by atoms with Crippen LogP contribution in [0.4, 0.5) is 5.82 Å². The van der Waals surface area contributed by atoms with E-state index in [-0.39, 0.29) is 5.91 Å². The molecule has 0 atom stereocenters. The Morgan fingerprint density at radius 3 is 2.74 bits per heavy atom. The van der Waals surface area contributed by atoms with Gasteiger partial charge >= 0.3 is 0 Å². The van der Waals surface area contributed by atoms with E-state index in [1.807, 2.05) is 18.2 Å². The summed E-state index contributed by atoms with van der Waals surface area (Å²) in [5.41, 5.74) is 0.969. The maximum absolute atomic E-state index is 12.2. The lowest BCUT2D eigenvalue weighted by Crippen LogP contribution is -2.34. The molecule has 1 N–H and O–H groups in total. The number of nitrogens with one attached hydrogen (secondary N) is 1. The fraction of sp³-hybridized carbons (Fsp3) is 0.571. The Labute approximate surface area is 161 Å². The van der Waals surface area contributed by atoms with Crippen LogP contribution in [0.2, 0.25) is 0 Å². The van der Waals surface area contributed by atoms with Gasteiger partial charge < -0.3 is 15.0 Å². The van der Waals surface area contributed by atoms with Gasteiger partial charge in [-0.3, -0.25) is 4.79 Å². The highest BCUT2D eigenvalue weighted by molar-refractivity contribution is 5.89. The van der Waals surface area contributed by atoms with Crippen LogP contribution in [0.1, 0.15) is 44.9 Å². The molecule has 0 radical (unpaired) electrons. The Hall–Kier alpha value is -2.21. The number of para-hydroxylation sites is 1. The number of ether oxygens (including phenoxy) is 1. The molecule has 0 spiro atoms. The quantitative estimate of drug-likeness (QED) is 0.696. The lowest BCUT2D eigenvalue weighted by molar-refractivity contribution is -0.121. The average Bonchev–Trinajstić information content (AvgIpc) is 3.51. The number of methoxy groups -OCH3 is 1. The summed E-state index contributed by atoms with van der Waals surface area (Å²) >= 11 is 0. The number of nitrogens with zero attached hydrogens (tertiary/aromatic N) is 3. The first-order chi connectivity index (χ1) is 13.1. The van der Waals surface area contributed by atoms with Crippen LogP contribution in [0, 0.1) is 5.92 Å². The van der Waals surface area contributed by atoms with Crippen LogP contribution in [0.5, 0.6) is 0 Å². The van der Waals surface area contributed by atoms with Crippen molar-refractivity contribution >= 4 is 22.6 Å². The van der Waals surface area contributed by atoms with Crippen LogP contribution in [0.15, 0.2) is 24.3 Å². The summed E-state index contributed by atoms with van der Waals surface area (Å²) in [6.07, 6.45) is 2.76. The number of hydrogen-bond donors (Lipinski definition) is 1. The number of rotatable bonds is 10. The summed E-state index contributed by atoms with van der Waals surface area (Å²) < 4.78 is 5.30. The second-order valence-electron chi connectivity index (χ2n) is 7.62. The maximum atomic E-state index is 12.2. The molecule has 6 heteroatoms. The van der Waals surface area contributed by atoms with E-state index in [4.69, 9.17) is 14.7 Å². The van der Waals surface area contributed by atoms with E-state index in [9.17, 15) is 4.79 Å². The SMILES string of the molecule is COCCN(CCC(=O)NCC(C)C)c1nc(C2CC2)nc2ccccc12. The van der Waals surface area contributed by atoms with Gasteiger partial charge in [0.1, 0.15) is 11.6 Å². The third-order valence-electron chi connectivity index (χ3n) is 4.72. The Balaban J connectivity index is 1.82. The van der Waals surface area contributed by atoms with Gasteiger partial charge in [-0.2, -0.15) is 0 Å². The molecule has 1 aromatic carbocycles. The van der Waals surface area contributed by atoms with Crippen molar-refractivity contribution in [2.75, 3.05) is 38.3 Å². The van der Waals surface area contributed by atoms with Gasteiger partial charge in [-0.1, -0.05) is 26.0 Å². The molecule has 1 fully saturated rings. The molecule has 1 heterocycles. The normalized spacial score (nSPS) is 13.9. The summed E-state index contributed by atoms with van der Waals surface area (Å²) in [5, 5.41) is 4.02. The molecule has 1 aliphatic carbocycles. The minimum Gasteiger partial charge on any atom is -0.383 e. The number of carbonyl (C=O) groups excluding carboxylic acids is 1. The van der Waals surface area contributed by atoms with Crippen molar-refractivity contribution in [3.63, 3.8) is 0 Å². The van der Waals surface area contributed by atoms with Gasteiger partial charge in [0.05, 0.1) is 12.1 Å². The summed E-state index contributed by atoms with van der Waals surface area (Å²) in [7, 11) is 1.70. The first-order valence-electron chi connectivity index (χ1n) is 9.85. The van der Waals surface area contributed by atoms with Gasteiger partial charge in [-0.15, -0.1) is 0 Å². The van der Waals surface area contributed by atoms with Crippen molar-refractivity contribution in [3.05, 3.63) is 30.1 Å². The van der Waals surface area contributed by atoms with Crippen LogP contribution in [-0.4, -0.2) is 49.2 Å². The summed E-state index contributed by atoms with van der Waals surface area (Å²) in [6.45, 7) is 6.79. The molecule has 146 valence electrons. The van der Waals surface area contributed by atoms with Gasteiger partial charge in [0, 0.05) is 44.5 Å². The lowest BCUT2D eigenvalue weighted by atomic mass is 10.2. The second kappa shape index (κ2) is 9.13. The van der Waals surface area contributed by atoms with Crippen molar-refractivity contribution in [3.8, 4) is 0 Å². The van der Waals surface area contributed by atoms with E-state index in [2.05, 4.69) is 30.1 Å². The Morgan fingerprint density at radius 1 is 1.26 bits per heavy atom. The molecule has 1 saturated carbocycles. The van der Waals surface area contributed by atoms with Gasteiger partial charge in [-0.25, -0.2) is 9.97 Å². The van der Waals surface area contributed by atoms with Crippen LogP contribution < -0.4 is 10.2 Å². The Morgan fingerprint density at radius 2 is 2.04 bits per heavy atom. The third kappa shape index (κ3) is 5.39. The van der Waals surface area contributed by atoms with E-state index in [1.54, 1.807) is 7.11 Å². The fourth-order valence-electron chi connectivity index (χ4n) is 3.01. The summed E-state index contributed by atoms with van der Waals surface area (Å²) in [4.78, 5) is 24.0. The Bertz CT molecular complexity index is 774. The second-order valence-corrected chi connectivity index (χ2v) is 7.62. The zero-order valence-electron chi connectivity index (χ0n) is 16.6. The zero-order chi connectivity index (χ0) is 19.2. The molecule has 3 rings (SSSR count). The van der Waals surface area contributed by atoms with Crippen molar-refractivity contribution < 1.29 is 9.53 Å². The highest BCUT2D eigenvalue weighted by Gasteiger charge is 2.28. The largest absolute Gasteiger partial charge is 0.383 e. The zero-order valence-corrected chi connectivity index (χ0v) is 16.6. The van der Waals surface area contributed by atoms with E-state index in [1.165, 1.54) is 0 Å². The van der Waals surface area contributed by atoms with E-state index < -0.39 is 0 Å². The molecule has 0 bridgehead atoms. The number of fused-ring (bicyclic) bond motifs is 1. The molecule has 1 aromatic heterocycles. The maximum Gasteiger partial charge on any atom is 0.221 e. The van der Waals surface area contributed by atoms with E-state index in [0.717, 1.165) is 35.4 Å². The van der Waals surface area contributed by atoms with Crippen LogP contribution in [-0.2, 0) is 9.53 Å². The number of benzene rings is 1. The van der Waals surface area contributed by atoms with Gasteiger partial charge in [0.15, 0.2) is 0 Å². The third-order valence-corrected chi connectivity index (χ3v) is 4.72. The highest BCUT2D eigenvalue weighted by Crippen LogP contribution is 2.39. The molecule has 1 aliphatic rings. The molecule has 1 amide bonds. The van der Waals surface area contributed by atoms with Gasteiger partial charge in [0.25, 0.3) is 0 Å². The summed E-state index contributed by atoms with van der Waals surface area (Å²) in [6, 6.07) is 8.11. The van der Waals surface area contributed by atoms with Crippen molar-refractivity contribution in [2.24, 2.45) is 5.92 Å². The number of carbonyl (C=O) groups is 1. The summed E-state index contributed by atoms with van der Waals surface area (Å²) in [5.74, 6) is 2.84. The van der Waals surface area contributed by atoms with Crippen molar-refractivity contribution in [1.82, 2.24) is 15.3 Å². The first-order valence-corrected chi connectivity index (χ1v) is 9.85. The number of anilines is 1. The van der Waals surface area contributed by atoms with E-state index >= 15 is 0 Å². The highest BCUT2D eigenvalue weighted by atomic mass is 16.5. The van der Waals surface area contributed by atoms with Gasteiger partial charge in [-0.05, 0) is 30.9 Å². The topological polar surface area (TPSA) is 67.3 Å². The number of hydrogen-bond acceptors (Lipinski definition) is 5. The molecular weight excluding hydrogens is 340 g/mol. The average molecular weight is 370 g/mol. The number of aromatic nitrogens is 2. The van der Waals surface area contributed by atoms with Crippen LogP contribution in [0.3, 0.4) is 0 Å². The Kier molecular flexibility index (Phi) is 6.61. The molecule has 0 aliphatic heterocycles. The standard InChI is InChI=1S/C21H30N4O2/c1-15(2)14-22-19(26)10-11-25(12-13-27-3)21-17-6-4-5-7-18(17)23-20(24-21)16-8-9-16/h4-7,15-16H,8-14H2,1-3H3,(H,22,26). The van der Waals surface area contributed by atoms with Crippen LogP contribution in [0.25, 0.3) is 10.9 Å². The molecule has 27 heavy (non-hydrogen) atoms. The van der Waals surface area contributed by atoms with E-state index in [0.29, 0.717) is 44.5 Å². The van der Waals surface area contributed by atoms with Gasteiger partial charge in [0.2, 0.25) is 5.91 Å². The predicted molar refractivity (Wildman–Crippen MR) is 108 cm³/mol. The molecule has 0 unspecified atom stereocenters. The lowest BCUT2D eigenvalue weighted by Gasteiger charge is -2.25. The smallest absolute Gasteiger partial charge is 0.221 e. The fourth-order valence-corrected chi connectivity index (χ4v) is 3.01. The predicted octanol–water partition coefficient (Wildman–Crippen LogP) is 3.12. The monoisotopic (exact) mass is 370 g/mol. The molecule has 6 nitrogen and oxygen atoms in total. The van der Waals surface area contributed by atoms with Crippen molar-refractivity contribution in [1.29, 1.82) is 0 Å². The van der Waals surface area contributed by atoms with Crippen LogP contribution >= 0.6 is 0 Å². The molecule has 2 aromatic rings. The van der Waals surface area contributed by atoms with Crippen molar-refractivity contribution in [2.45, 2.75) is 39.0 Å². The minimum absolute atomic E-state index is 0.0758. The number of amides is 1.